The van der Waals surface area contributed by atoms with Crippen molar-refractivity contribution >= 4 is 21.7 Å². The predicted molar refractivity (Wildman–Crippen MR) is 143 cm³/mol. The van der Waals surface area contributed by atoms with Crippen LogP contribution in [0.5, 0.6) is 17.5 Å². The van der Waals surface area contributed by atoms with Crippen LogP contribution >= 0.6 is 0 Å². The van der Waals surface area contributed by atoms with Crippen LogP contribution in [0, 0.1) is 11.3 Å². The molecule has 1 saturated heterocycles. The number of benzene rings is 3. The normalized spacial score (nSPS) is 21.6. The molecule has 7 rings (SSSR count). The average Bonchev–Trinajstić information content (AvgIpc) is 3.52. The standard InChI is InChI=1S/C31H25N3O4/c1-30-12-13-31(38-30,14-16-37-21-10-8-19-5-4-15-33-24(19)17-21)27-26(30)28(35)34(29(27)36)25-11-9-20(18-32)22-6-2-3-7-23(22)25/h2-11,15,17,35-36H,12-14,16H2,1H3/t30-,31-/m1/s1. The Balaban J connectivity index is 1.27. The minimum atomic E-state index is -0.769. The van der Waals surface area contributed by atoms with Crippen molar-refractivity contribution in [2.45, 2.75) is 37.4 Å². The van der Waals surface area contributed by atoms with Gasteiger partial charge in [0, 0.05) is 34.8 Å². The van der Waals surface area contributed by atoms with Gasteiger partial charge in [-0.3, -0.25) is 9.55 Å². The van der Waals surface area contributed by atoms with Crippen LogP contribution in [0.3, 0.4) is 0 Å². The van der Waals surface area contributed by atoms with Crippen LogP contribution in [0.4, 0.5) is 0 Å². The number of hydrogen-bond donors (Lipinski definition) is 2. The fourth-order valence-corrected chi connectivity index (χ4v) is 6.38. The van der Waals surface area contributed by atoms with Crippen LogP contribution in [0.2, 0.25) is 0 Å². The molecule has 38 heavy (non-hydrogen) atoms. The molecule has 0 amide bonds. The van der Waals surface area contributed by atoms with E-state index in [-0.39, 0.29) is 11.8 Å². The molecule has 0 radical (unpaired) electrons. The molecule has 0 aliphatic carbocycles. The molecular formula is C31H25N3O4. The molecule has 0 spiro atoms. The predicted octanol–water partition coefficient (Wildman–Crippen LogP) is 6.17. The van der Waals surface area contributed by atoms with Crippen molar-refractivity contribution in [1.82, 2.24) is 9.55 Å². The number of pyridine rings is 1. The molecule has 0 unspecified atom stereocenters. The van der Waals surface area contributed by atoms with Gasteiger partial charge in [-0.05, 0) is 50.1 Å². The zero-order chi connectivity index (χ0) is 26.1. The summed E-state index contributed by atoms with van der Waals surface area (Å²) in [6.07, 6.45) is 3.71. The molecule has 4 heterocycles. The van der Waals surface area contributed by atoms with Gasteiger partial charge in [-0.1, -0.05) is 30.3 Å². The maximum Gasteiger partial charge on any atom is 0.205 e. The van der Waals surface area contributed by atoms with E-state index in [0.29, 0.717) is 41.8 Å². The number of ether oxygens (including phenoxy) is 2. The first kappa shape index (κ1) is 22.6. The lowest BCUT2D eigenvalue weighted by Crippen LogP contribution is -2.25. The van der Waals surface area contributed by atoms with Crippen molar-refractivity contribution in [3.8, 4) is 29.3 Å². The Bertz CT molecular complexity index is 1800. The highest BCUT2D eigenvalue weighted by molar-refractivity contribution is 5.95. The quantitative estimate of drug-likeness (QED) is 0.298. The van der Waals surface area contributed by atoms with Crippen LogP contribution in [0.1, 0.15) is 42.9 Å². The third-order valence-corrected chi connectivity index (χ3v) is 8.15. The van der Waals surface area contributed by atoms with Crippen LogP contribution < -0.4 is 4.74 Å². The summed E-state index contributed by atoms with van der Waals surface area (Å²) in [4.78, 5) is 4.40. The van der Waals surface area contributed by atoms with E-state index in [1.165, 1.54) is 4.57 Å². The van der Waals surface area contributed by atoms with Gasteiger partial charge in [0.05, 0.1) is 46.2 Å². The Hall–Kier alpha value is -4.54. The van der Waals surface area contributed by atoms with Gasteiger partial charge in [-0.15, -0.1) is 0 Å². The number of aromatic hydroxyl groups is 2. The van der Waals surface area contributed by atoms with Crippen LogP contribution in [0.25, 0.3) is 27.4 Å². The first-order chi connectivity index (χ1) is 18.4. The van der Waals surface area contributed by atoms with Crippen molar-refractivity contribution in [1.29, 1.82) is 5.26 Å². The fourth-order valence-electron chi connectivity index (χ4n) is 6.38. The monoisotopic (exact) mass is 503 g/mol. The van der Waals surface area contributed by atoms with Crippen molar-refractivity contribution in [2.24, 2.45) is 0 Å². The third kappa shape index (κ3) is 3.07. The van der Waals surface area contributed by atoms with Crippen molar-refractivity contribution < 1.29 is 19.7 Å². The highest BCUT2D eigenvalue weighted by Gasteiger charge is 2.61. The third-order valence-electron chi connectivity index (χ3n) is 8.15. The number of nitrogens with zero attached hydrogens (tertiary/aromatic N) is 3. The lowest BCUT2D eigenvalue weighted by Gasteiger charge is -2.26. The van der Waals surface area contributed by atoms with E-state index in [1.54, 1.807) is 18.3 Å². The van der Waals surface area contributed by atoms with Crippen molar-refractivity contribution in [2.75, 3.05) is 6.61 Å². The topological polar surface area (TPSA) is 101 Å². The van der Waals surface area contributed by atoms with Gasteiger partial charge < -0.3 is 19.7 Å². The maximum absolute atomic E-state index is 11.6. The molecule has 3 aromatic carbocycles. The molecular weight excluding hydrogens is 478 g/mol. The molecule has 2 aliphatic heterocycles. The average molecular weight is 504 g/mol. The van der Waals surface area contributed by atoms with Gasteiger partial charge in [0.25, 0.3) is 0 Å². The molecule has 188 valence electrons. The van der Waals surface area contributed by atoms with E-state index in [2.05, 4.69) is 11.1 Å². The summed E-state index contributed by atoms with van der Waals surface area (Å²) < 4.78 is 14.2. The van der Waals surface area contributed by atoms with Crippen molar-refractivity contribution in [3.05, 3.63) is 89.6 Å². The summed E-state index contributed by atoms with van der Waals surface area (Å²) in [5.74, 6) is 0.656. The smallest absolute Gasteiger partial charge is 0.205 e. The summed E-state index contributed by atoms with van der Waals surface area (Å²) in [5, 5.41) is 35.3. The highest BCUT2D eigenvalue weighted by Crippen LogP contribution is 2.65. The molecule has 0 saturated carbocycles. The minimum absolute atomic E-state index is 0.0297. The van der Waals surface area contributed by atoms with Crippen molar-refractivity contribution in [3.63, 3.8) is 0 Å². The van der Waals surface area contributed by atoms with Crippen LogP contribution in [-0.2, 0) is 15.9 Å². The fraction of sp³-hybridized carbons (Fsp3) is 0.226. The summed E-state index contributed by atoms with van der Waals surface area (Å²) in [6.45, 7) is 2.34. The van der Waals surface area contributed by atoms with Crippen LogP contribution in [0.15, 0.2) is 72.9 Å². The second-order valence-corrected chi connectivity index (χ2v) is 10.3. The SMILES string of the molecule is C[C@]12CC[C@](CCOc3ccc4cccnc4c3)(O1)c1c2c(O)n(-c2ccc(C#N)c3ccccc23)c1O. The molecule has 5 aromatic rings. The van der Waals surface area contributed by atoms with E-state index in [1.807, 2.05) is 61.5 Å². The van der Waals surface area contributed by atoms with Gasteiger partial charge in [0.1, 0.15) is 11.4 Å². The molecule has 7 heteroatoms. The molecule has 2 bridgehead atoms. The first-order valence-corrected chi connectivity index (χ1v) is 12.7. The molecule has 2 aromatic heterocycles. The number of fused-ring (bicyclic) bond motifs is 7. The second kappa shape index (κ2) is 7.98. The van der Waals surface area contributed by atoms with Gasteiger partial charge in [0.2, 0.25) is 11.8 Å². The second-order valence-electron chi connectivity index (χ2n) is 10.3. The Kier molecular flexibility index (Phi) is 4.75. The van der Waals surface area contributed by atoms with E-state index in [4.69, 9.17) is 9.47 Å². The van der Waals surface area contributed by atoms with Gasteiger partial charge in [-0.2, -0.15) is 5.26 Å². The Morgan fingerprint density at radius 3 is 2.66 bits per heavy atom. The summed E-state index contributed by atoms with van der Waals surface area (Å²) in [5.41, 5.74) is 1.79. The van der Waals surface area contributed by atoms with E-state index < -0.39 is 11.2 Å². The zero-order valence-electron chi connectivity index (χ0n) is 20.8. The van der Waals surface area contributed by atoms with Gasteiger partial charge >= 0.3 is 0 Å². The Morgan fingerprint density at radius 2 is 1.82 bits per heavy atom. The van der Waals surface area contributed by atoms with Gasteiger partial charge in [-0.25, -0.2) is 0 Å². The molecule has 2 N–H and O–H groups in total. The number of aromatic nitrogens is 2. The van der Waals surface area contributed by atoms with E-state index >= 15 is 0 Å². The minimum Gasteiger partial charge on any atom is -0.494 e. The Labute approximate surface area is 219 Å². The number of hydrogen-bond acceptors (Lipinski definition) is 6. The Morgan fingerprint density at radius 1 is 1.00 bits per heavy atom. The van der Waals surface area contributed by atoms with Crippen LogP contribution in [-0.4, -0.2) is 26.4 Å². The lowest BCUT2D eigenvalue weighted by molar-refractivity contribution is -0.0876. The maximum atomic E-state index is 11.6. The summed E-state index contributed by atoms with van der Waals surface area (Å²) in [6, 6.07) is 23.0. The van der Waals surface area contributed by atoms with Gasteiger partial charge in [0.15, 0.2) is 0 Å². The highest BCUT2D eigenvalue weighted by atomic mass is 16.5. The lowest BCUT2D eigenvalue weighted by atomic mass is 9.78. The molecule has 7 nitrogen and oxygen atoms in total. The summed E-state index contributed by atoms with van der Waals surface area (Å²) >= 11 is 0. The van der Waals surface area contributed by atoms with E-state index in [9.17, 15) is 15.5 Å². The first-order valence-electron chi connectivity index (χ1n) is 12.7. The number of rotatable bonds is 5. The largest absolute Gasteiger partial charge is 0.494 e. The molecule has 2 atom stereocenters. The number of nitriles is 1. The van der Waals surface area contributed by atoms with E-state index in [0.717, 1.165) is 33.8 Å². The zero-order valence-corrected chi connectivity index (χ0v) is 20.8. The molecule has 2 aliphatic rings. The summed E-state index contributed by atoms with van der Waals surface area (Å²) in [7, 11) is 0. The molecule has 1 fully saturated rings.